The van der Waals surface area contributed by atoms with Crippen molar-refractivity contribution in [3.8, 4) is 0 Å². The molecule has 0 fully saturated rings. The molecule has 0 amide bonds. The van der Waals surface area contributed by atoms with Gasteiger partial charge in [0, 0.05) is 0 Å². The molecule has 0 aliphatic carbocycles. The van der Waals surface area contributed by atoms with Gasteiger partial charge in [-0.2, -0.15) is 13.5 Å². The normalized spacial score (nSPS) is 0. The second-order valence-electron chi connectivity index (χ2n) is 0. The van der Waals surface area contributed by atoms with Gasteiger partial charge in [0.15, 0.2) is 0 Å². The van der Waals surface area contributed by atoms with Crippen LogP contribution in [0.15, 0.2) is 0 Å². The van der Waals surface area contributed by atoms with Gasteiger partial charge in [-0.15, -0.1) is 0 Å². The van der Waals surface area contributed by atoms with E-state index in [9.17, 15) is 0 Å². The molecule has 0 spiro atoms. The molecule has 2 N–H and O–H groups in total. The first kappa shape index (κ1) is 64.2. The predicted octanol–water partition coefficient (Wildman–Crippen LogP) is -0.833. The molecular formula is H4CdO2S. The van der Waals surface area contributed by atoms with E-state index < -0.39 is 0 Å². The van der Waals surface area contributed by atoms with Gasteiger partial charge in [-0.25, -0.2) is 0 Å². The van der Waals surface area contributed by atoms with Gasteiger partial charge in [-0.3, -0.25) is 0 Å². The Balaban J connectivity index is 0. The minimum absolute atomic E-state index is 0. The van der Waals surface area contributed by atoms with Crippen LogP contribution in [0.1, 0.15) is 0 Å². The van der Waals surface area contributed by atoms with Crippen LogP contribution in [0.25, 0.3) is 0 Å². The van der Waals surface area contributed by atoms with E-state index in [1.165, 1.54) is 0 Å². The van der Waals surface area contributed by atoms with Crippen molar-refractivity contribution in [3.05, 3.63) is 0 Å². The minimum atomic E-state index is 0. The molecule has 0 radical (unpaired) electrons. The zero-order valence-corrected chi connectivity index (χ0v) is 7.15. The van der Waals surface area contributed by atoms with Gasteiger partial charge in [0.25, 0.3) is 0 Å². The van der Waals surface area contributed by atoms with E-state index >= 15 is 0 Å². The van der Waals surface area contributed by atoms with Crippen LogP contribution in [0.5, 0.6) is 0 Å². The van der Waals surface area contributed by atoms with Crippen molar-refractivity contribution in [1.82, 2.24) is 0 Å². The molecule has 0 atom stereocenters. The minimum Gasteiger partial charge on any atom is -2.00 e. The molecule has 0 heterocycles. The van der Waals surface area contributed by atoms with Crippen molar-refractivity contribution in [3.63, 3.8) is 0 Å². The van der Waals surface area contributed by atoms with Gasteiger partial charge in [0.2, 0.25) is 0 Å². The first-order chi connectivity index (χ1) is 0. The van der Waals surface area contributed by atoms with Crippen LogP contribution in [0.4, 0.5) is 0 Å². The average molecular weight is 181 g/mol. The Morgan fingerprint density at radius 3 is 1.00 bits per heavy atom. The van der Waals surface area contributed by atoms with E-state index in [-0.39, 0.29) is 51.7 Å². The topological polar surface area (TPSA) is 60.0 Å². The van der Waals surface area contributed by atoms with Crippen LogP contribution < -0.4 is 0 Å². The van der Waals surface area contributed by atoms with E-state index in [1.807, 2.05) is 0 Å². The summed E-state index contributed by atoms with van der Waals surface area (Å²) in [4.78, 5) is 0. The third-order valence-corrected chi connectivity index (χ3v) is 0. The van der Waals surface area contributed by atoms with Crippen LogP contribution in [0.2, 0.25) is 0 Å². The van der Waals surface area contributed by atoms with Gasteiger partial charge >= 0.3 is 27.3 Å². The molecule has 0 aliphatic heterocycles. The zero-order valence-electron chi connectivity index (χ0n) is 2.12. The molecule has 0 aliphatic rings. The first-order valence-corrected chi connectivity index (χ1v) is 0. The molecule has 0 aromatic heterocycles. The van der Waals surface area contributed by atoms with Gasteiger partial charge in [-0.1, -0.05) is 0 Å². The van der Waals surface area contributed by atoms with Crippen LogP contribution in [-0.2, 0) is 32.8 Å². The maximum Gasteiger partial charge on any atom is 2.00 e. The summed E-state index contributed by atoms with van der Waals surface area (Å²) in [6.07, 6.45) is 0. The van der Waals surface area contributed by atoms with Crippen molar-refractivity contribution in [2.24, 2.45) is 0 Å². The summed E-state index contributed by atoms with van der Waals surface area (Å²) in [5.41, 5.74) is 0. The van der Waals surface area contributed by atoms with E-state index in [0.717, 1.165) is 0 Å². The monoisotopic (exact) mass is 182 g/mol. The largest absolute Gasteiger partial charge is 2.00 e. The standard InChI is InChI=1S/Cd.H2O.O.H2S/h;1H2;;1H2/q+2;;-2;. The van der Waals surface area contributed by atoms with Crippen molar-refractivity contribution < 1.29 is 38.3 Å². The third kappa shape index (κ3) is 10.8. The molecule has 0 aromatic carbocycles. The summed E-state index contributed by atoms with van der Waals surface area (Å²) in [7, 11) is 0. The van der Waals surface area contributed by atoms with Crippen molar-refractivity contribution >= 4 is 13.5 Å². The summed E-state index contributed by atoms with van der Waals surface area (Å²) in [5, 5.41) is 0. The maximum absolute atomic E-state index is 0. The first-order valence-electron chi connectivity index (χ1n) is 0. The smallest absolute Gasteiger partial charge is 2.00 e. The molecule has 4 heavy (non-hydrogen) atoms. The fourth-order valence-corrected chi connectivity index (χ4v) is 0. The van der Waals surface area contributed by atoms with Gasteiger partial charge in [-0.05, 0) is 0 Å². The summed E-state index contributed by atoms with van der Waals surface area (Å²) >= 11 is 0. The van der Waals surface area contributed by atoms with E-state index in [1.54, 1.807) is 0 Å². The second-order valence-corrected chi connectivity index (χ2v) is 0. The average Bonchev–Trinajstić information content (AvgIpc) is 0. The molecule has 2 nitrogen and oxygen atoms in total. The fraction of sp³-hybridized carbons (Fsp3) is 0. The molecule has 0 saturated carbocycles. The zero-order chi connectivity index (χ0) is 0. The molecule has 4 heteroatoms. The van der Waals surface area contributed by atoms with Crippen molar-refractivity contribution in [2.45, 2.75) is 0 Å². The predicted molar refractivity (Wildman–Crippen MR) is 14.7 cm³/mol. The number of hydrogen-bond acceptors (Lipinski definition) is 0. The summed E-state index contributed by atoms with van der Waals surface area (Å²) in [6.45, 7) is 0. The summed E-state index contributed by atoms with van der Waals surface area (Å²) in [5.74, 6) is 0. The van der Waals surface area contributed by atoms with Crippen LogP contribution in [0.3, 0.4) is 0 Å². The van der Waals surface area contributed by atoms with Gasteiger partial charge < -0.3 is 11.0 Å². The Kier molecular flexibility index (Phi) is 483. The van der Waals surface area contributed by atoms with Crippen molar-refractivity contribution in [1.29, 1.82) is 0 Å². The molecule has 0 bridgehead atoms. The summed E-state index contributed by atoms with van der Waals surface area (Å²) < 4.78 is 0. The van der Waals surface area contributed by atoms with Crippen LogP contribution >= 0.6 is 13.5 Å². The Labute approximate surface area is 51.8 Å². The van der Waals surface area contributed by atoms with E-state index in [0.29, 0.717) is 0 Å². The summed E-state index contributed by atoms with van der Waals surface area (Å²) in [6, 6.07) is 0. The fourth-order valence-electron chi connectivity index (χ4n) is 0. The Morgan fingerprint density at radius 2 is 1.00 bits per heavy atom. The Bertz CT molecular complexity index is 6.00. The van der Waals surface area contributed by atoms with E-state index in [2.05, 4.69) is 0 Å². The van der Waals surface area contributed by atoms with Crippen LogP contribution in [0, 0.1) is 0 Å². The number of hydrogen-bond donors (Lipinski definition) is 0. The molecule has 24 valence electrons. The molecule has 0 aromatic rings. The maximum atomic E-state index is 0. The SMILES string of the molecule is O.S.[Cd+2].[O-2]. The van der Waals surface area contributed by atoms with Crippen molar-refractivity contribution in [2.75, 3.05) is 0 Å². The molecule has 0 saturated heterocycles. The second kappa shape index (κ2) is 30.1. The quantitative estimate of drug-likeness (QED) is 0.437. The molecule has 0 rings (SSSR count). The van der Waals surface area contributed by atoms with Crippen LogP contribution in [-0.4, -0.2) is 5.48 Å². The molecule has 0 unspecified atom stereocenters. The van der Waals surface area contributed by atoms with Gasteiger partial charge in [0.1, 0.15) is 0 Å². The molecular weight excluding hydrogens is 176 g/mol. The van der Waals surface area contributed by atoms with Gasteiger partial charge in [0.05, 0.1) is 0 Å². The Morgan fingerprint density at radius 1 is 1.00 bits per heavy atom. The third-order valence-electron chi connectivity index (χ3n) is 0. The number of rotatable bonds is 0. The van der Waals surface area contributed by atoms with E-state index in [4.69, 9.17) is 0 Å². The Hall–Kier alpha value is 1.19.